The summed E-state index contributed by atoms with van der Waals surface area (Å²) in [6, 6.07) is 13.6. The number of halogens is 2. The second kappa shape index (κ2) is 9.57. The monoisotopic (exact) mass is 433 g/mol. The standard InChI is InChI=1S/C20H21F2N5O2S/c1-3-26(16-7-5-4-6-13(16)2)17(28)12-30-20-25-24-18(27(20)23)14-8-10-15(11-9-14)29-19(21)22/h4-11,19H,3,12,23H2,1-2H3. The molecule has 0 bridgehead atoms. The van der Waals surface area contributed by atoms with Gasteiger partial charge in [-0.05, 0) is 49.7 Å². The summed E-state index contributed by atoms with van der Waals surface area (Å²) in [6.07, 6.45) is 0. The highest BCUT2D eigenvalue weighted by Crippen LogP contribution is 2.25. The molecule has 7 nitrogen and oxygen atoms in total. The SMILES string of the molecule is CCN(C(=O)CSc1nnc(-c2ccc(OC(F)F)cc2)n1N)c1ccccc1C. The lowest BCUT2D eigenvalue weighted by molar-refractivity contribution is -0.116. The fourth-order valence-corrected chi connectivity index (χ4v) is 3.64. The molecule has 1 amide bonds. The first kappa shape index (κ1) is 21.6. The molecule has 1 aromatic heterocycles. The van der Waals surface area contributed by atoms with Crippen molar-refractivity contribution in [3.8, 4) is 17.1 Å². The number of nitrogens with zero attached hydrogens (tertiary/aromatic N) is 4. The van der Waals surface area contributed by atoms with Crippen LogP contribution in [0.2, 0.25) is 0 Å². The zero-order valence-corrected chi connectivity index (χ0v) is 17.3. The Morgan fingerprint density at radius 3 is 2.53 bits per heavy atom. The lowest BCUT2D eigenvalue weighted by Crippen LogP contribution is -2.32. The van der Waals surface area contributed by atoms with Gasteiger partial charge >= 0.3 is 6.61 Å². The molecule has 0 atom stereocenters. The molecule has 0 spiro atoms. The number of nitrogens with two attached hydrogens (primary N) is 1. The van der Waals surface area contributed by atoms with E-state index in [9.17, 15) is 13.6 Å². The van der Waals surface area contributed by atoms with E-state index in [0.29, 0.717) is 23.1 Å². The number of anilines is 1. The summed E-state index contributed by atoms with van der Waals surface area (Å²) in [4.78, 5) is 14.5. The number of amides is 1. The van der Waals surface area contributed by atoms with Gasteiger partial charge in [-0.2, -0.15) is 8.78 Å². The number of carbonyl (C=O) groups is 1. The van der Waals surface area contributed by atoms with Gasteiger partial charge in [0.15, 0.2) is 5.82 Å². The Labute approximate surface area is 176 Å². The Bertz CT molecular complexity index is 1010. The highest BCUT2D eigenvalue weighted by molar-refractivity contribution is 7.99. The molecule has 0 radical (unpaired) electrons. The molecule has 0 aliphatic carbocycles. The highest BCUT2D eigenvalue weighted by atomic mass is 32.2. The van der Waals surface area contributed by atoms with Crippen molar-refractivity contribution in [3.05, 3.63) is 54.1 Å². The minimum absolute atomic E-state index is 0.0351. The van der Waals surface area contributed by atoms with Crippen molar-refractivity contribution in [3.63, 3.8) is 0 Å². The van der Waals surface area contributed by atoms with Crippen LogP contribution in [0.5, 0.6) is 5.75 Å². The largest absolute Gasteiger partial charge is 0.435 e. The number of aryl methyl sites for hydroxylation is 1. The third-order valence-electron chi connectivity index (χ3n) is 4.35. The number of benzene rings is 2. The molecule has 1 heterocycles. The topological polar surface area (TPSA) is 86.3 Å². The van der Waals surface area contributed by atoms with Crippen LogP contribution in [-0.2, 0) is 4.79 Å². The maximum absolute atomic E-state index is 12.7. The maximum Gasteiger partial charge on any atom is 0.387 e. The highest BCUT2D eigenvalue weighted by Gasteiger charge is 2.19. The molecule has 158 valence electrons. The average molecular weight is 433 g/mol. The minimum atomic E-state index is -2.89. The molecule has 2 aromatic carbocycles. The molecule has 3 aromatic rings. The summed E-state index contributed by atoms with van der Waals surface area (Å²) in [5, 5.41) is 8.45. The fraction of sp³-hybridized carbons (Fsp3) is 0.250. The average Bonchev–Trinajstić information content (AvgIpc) is 3.09. The second-order valence-corrected chi connectivity index (χ2v) is 7.23. The number of para-hydroxylation sites is 1. The van der Waals surface area contributed by atoms with E-state index in [2.05, 4.69) is 14.9 Å². The molecule has 0 aliphatic rings. The van der Waals surface area contributed by atoms with Crippen LogP contribution in [0.1, 0.15) is 12.5 Å². The van der Waals surface area contributed by atoms with Crippen LogP contribution in [0.25, 0.3) is 11.4 Å². The van der Waals surface area contributed by atoms with Crippen molar-refractivity contribution >= 4 is 23.4 Å². The number of rotatable bonds is 8. The number of hydrogen-bond donors (Lipinski definition) is 1. The van der Waals surface area contributed by atoms with Crippen molar-refractivity contribution < 1.29 is 18.3 Å². The van der Waals surface area contributed by atoms with Crippen molar-refractivity contribution in [1.82, 2.24) is 14.9 Å². The van der Waals surface area contributed by atoms with Crippen molar-refractivity contribution in [1.29, 1.82) is 0 Å². The van der Waals surface area contributed by atoms with E-state index >= 15 is 0 Å². The van der Waals surface area contributed by atoms with Crippen LogP contribution in [-0.4, -0.2) is 39.7 Å². The van der Waals surface area contributed by atoms with Gasteiger partial charge in [-0.1, -0.05) is 30.0 Å². The summed E-state index contributed by atoms with van der Waals surface area (Å²) >= 11 is 1.18. The van der Waals surface area contributed by atoms with Crippen LogP contribution >= 0.6 is 11.8 Å². The molecule has 0 saturated heterocycles. The van der Waals surface area contributed by atoms with Crippen LogP contribution in [0.15, 0.2) is 53.7 Å². The van der Waals surface area contributed by atoms with E-state index in [1.54, 1.807) is 17.0 Å². The molecule has 2 N–H and O–H groups in total. The molecular formula is C20H21F2N5O2S. The second-order valence-electron chi connectivity index (χ2n) is 6.29. The molecule has 0 fully saturated rings. The number of thioether (sulfide) groups is 1. The Balaban J connectivity index is 1.69. The van der Waals surface area contributed by atoms with Gasteiger partial charge in [-0.15, -0.1) is 10.2 Å². The summed E-state index contributed by atoms with van der Waals surface area (Å²) in [5.74, 6) is 6.52. The molecule has 10 heteroatoms. The van der Waals surface area contributed by atoms with Crippen LogP contribution < -0.4 is 15.5 Å². The van der Waals surface area contributed by atoms with Gasteiger partial charge in [-0.3, -0.25) is 4.79 Å². The maximum atomic E-state index is 12.7. The third kappa shape index (κ3) is 4.88. The Kier molecular flexibility index (Phi) is 6.88. The van der Waals surface area contributed by atoms with Gasteiger partial charge in [-0.25, -0.2) is 4.68 Å². The number of carbonyl (C=O) groups excluding carboxylic acids is 1. The van der Waals surface area contributed by atoms with E-state index in [-0.39, 0.29) is 17.4 Å². The van der Waals surface area contributed by atoms with Gasteiger partial charge in [0.2, 0.25) is 11.1 Å². The molecule has 30 heavy (non-hydrogen) atoms. The van der Waals surface area contributed by atoms with Gasteiger partial charge in [0.1, 0.15) is 5.75 Å². The lowest BCUT2D eigenvalue weighted by atomic mass is 10.2. The van der Waals surface area contributed by atoms with Crippen LogP contribution in [0, 0.1) is 6.92 Å². The molecular weight excluding hydrogens is 412 g/mol. The van der Waals surface area contributed by atoms with Gasteiger partial charge in [0.05, 0.1) is 5.75 Å². The number of nitrogen functional groups attached to an aromatic ring is 1. The van der Waals surface area contributed by atoms with Crippen molar-refractivity contribution in [2.24, 2.45) is 0 Å². The van der Waals surface area contributed by atoms with E-state index in [1.165, 1.54) is 28.6 Å². The predicted octanol–water partition coefficient (Wildman–Crippen LogP) is 3.71. The molecule has 0 unspecified atom stereocenters. The Hall–Kier alpha value is -3.14. The van der Waals surface area contributed by atoms with Gasteiger partial charge < -0.3 is 15.5 Å². The van der Waals surface area contributed by atoms with Crippen molar-refractivity contribution in [2.75, 3.05) is 23.0 Å². The van der Waals surface area contributed by atoms with Gasteiger partial charge in [0.25, 0.3) is 0 Å². The number of ether oxygens (including phenoxy) is 1. The predicted molar refractivity (Wildman–Crippen MR) is 112 cm³/mol. The Morgan fingerprint density at radius 2 is 1.90 bits per heavy atom. The van der Waals surface area contributed by atoms with E-state index in [1.807, 2.05) is 38.1 Å². The zero-order chi connectivity index (χ0) is 21.7. The normalized spacial score (nSPS) is 11.0. The summed E-state index contributed by atoms with van der Waals surface area (Å²) in [5.41, 5.74) is 2.47. The molecule has 0 saturated carbocycles. The smallest absolute Gasteiger partial charge is 0.387 e. The first-order chi connectivity index (χ1) is 14.4. The number of hydrogen-bond acceptors (Lipinski definition) is 6. The summed E-state index contributed by atoms with van der Waals surface area (Å²) in [6.45, 7) is 1.52. The minimum Gasteiger partial charge on any atom is -0.435 e. The summed E-state index contributed by atoms with van der Waals surface area (Å²) < 4.78 is 30.1. The van der Waals surface area contributed by atoms with E-state index in [0.717, 1.165) is 11.3 Å². The third-order valence-corrected chi connectivity index (χ3v) is 5.28. The zero-order valence-electron chi connectivity index (χ0n) is 16.5. The van der Waals surface area contributed by atoms with Crippen LogP contribution in [0.4, 0.5) is 14.5 Å². The van der Waals surface area contributed by atoms with E-state index in [4.69, 9.17) is 5.84 Å². The first-order valence-electron chi connectivity index (χ1n) is 9.15. The van der Waals surface area contributed by atoms with Crippen LogP contribution in [0.3, 0.4) is 0 Å². The quantitative estimate of drug-likeness (QED) is 0.431. The Morgan fingerprint density at radius 1 is 1.20 bits per heavy atom. The number of aromatic nitrogens is 3. The first-order valence-corrected chi connectivity index (χ1v) is 10.1. The van der Waals surface area contributed by atoms with E-state index < -0.39 is 6.61 Å². The lowest BCUT2D eigenvalue weighted by Gasteiger charge is -2.22. The van der Waals surface area contributed by atoms with Crippen molar-refractivity contribution in [2.45, 2.75) is 25.6 Å². The summed E-state index contributed by atoms with van der Waals surface area (Å²) in [7, 11) is 0. The fourth-order valence-electron chi connectivity index (χ4n) is 2.91. The molecule has 0 aliphatic heterocycles. The number of alkyl halides is 2. The molecule has 3 rings (SSSR count). The van der Waals surface area contributed by atoms with Gasteiger partial charge in [0, 0.05) is 17.8 Å².